The average molecular weight is 313 g/mol. The van der Waals surface area contributed by atoms with Crippen LogP contribution in [-0.4, -0.2) is 35.9 Å². The summed E-state index contributed by atoms with van der Waals surface area (Å²) in [5, 5.41) is 14.6. The Labute approximate surface area is 127 Å². The van der Waals surface area contributed by atoms with Crippen molar-refractivity contribution < 1.29 is 19.4 Å². The molecule has 0 aliphatic carbocycles. The van der Waals surface area contributed by atoms with Crippen LogP contribution in [0.25, 0.3) is 0 Å². The molecule has 0 radical (unpaired) electrons. The van der Waals surface area contributed by atoms with Gasteiger partial charge < -0.3 is 20.5 Å². The number of amides is 2. The number of carboxylic acids is 1. The topological polar surface area (TPSA) is 87.7 Å². The predicted octanol–water partition coefficient (Wildman–Crippen LogP) is 2.40. The lowest BCUT2D eigenvalue weighted by atomic mass is 10.2. The Morgan fingerprint density at radius 2 is 2.19 bits per heavy atom. The van der Waals surface area contributed by atoms with Crippen LogP contribution in [0, 0.1) is 6.92 Å². The van der Waals surface area contributed by atoms with E-state index in [1.807, 2.05) is 13.0 Å². The first-order valence-electron chi connectivity index (χ1n) is 6.65. The van der Waals surface area contributed by atoms with Crippen molar-refractivity contribution in [3.8, 4) is 0 Å². The number of ether oxygens (including phenoxy) is 1. The van der Waals surface area contributed by atoms with Crippen LogP contribution >= 0.6 is 11.6 Å². The van der Waals surface area contributed by atoms with E-state index in [0.29, 0.717) is 23.6 Å². The Kier molecular flexibility index (Phi) is 5.03. The van der Waals surface area contributed by atoms with Crippen molar-refractivity contribution in [2.24, 2.45) is 0 Å². The highest BCUT2D eigenvalue weighted by Gasteiger charge is 2.30. The quantitative estimate of drug-likeness (QED) is 0.796. The lowest BCUT2D eigenvalue weighted by molar-refractivity contribution is -0.149. The molecule has 1 aliphatic rings. The van der Waals surface area contributed by atoms with Gasteiger partial charge in [-0.15, -0.1) is 0 Å². The van der Waals surface area contributed by atoms with E-state index < -0.39 is 18.1 Å². The standard InChI is InChI=1S/C14H17ClN2O4/c1-8-2-4-10(15)11(6-8)17-14(20)16-7-9-3-5-12(21-9)13(18)19/h2,4,6,9,12H,3,5,7H2,1H3,(H,18,19)(H2,16,17,20). The molecule has 2 atom stereocenters. The zero-order chi connectivity index (χ0) is 15.4. The largest absolute Gasteiger partial charge is 0.479 e. The van der Waals surface area contributed by atoms with E-state index in [0.717, 1.165) is 5.56 Å². The Hall–Kier alpha value is -1.79. The molecule has 1 saturated heterocycles. The SMILES string of the molecule is Cc1ccc(Cl)c(NC(=O)NCC2CCC(C(=O)O)O2)c1. The van der Waals surface area contributed by atoms with Crippen molar-refractivity contribution in [3.05, 3.63) is 28.8 Å². The second-order valence-corrected chi connectivity index (χ2v) is 5.39. The molecule has 0 saturated carbocycles. The van der Waals surface area contributed by atoms with Crippen LogP contribution in [-0.2, 0) is 9.53 Å². The van der Waals surface area contributed by atoms with Crippen molar-refractivity contribution in [1.29, 1.82) is 0 Å². The van der Waals surface area contributed by atoms with Crippen molar-refractivity contribution in [3.63, 3.8) is 0 Å². The number of carbonyl (C=O) groups excluding carboxylic acids is 1. The minimum absolute atomic E-state index is 0.263. The molecule has 0 bridgehead atoms. The number of carbonyl (C=O) groups is 2. The number of benzene rings is 1. The highest BCUT2D eigenvalue weighted by Crippen LogP contribution is 2.23. The molecule has 21 heavy (non-hydrogen) atoms. The molecule has 0 spiro atoms. The molecule has 6 nitrogen and oxygen atoms in total. The number of rotatable bonds is 4. The molecule has 7 heteroatoms. The summed E-state index contributed by atoms with van der Waals surface area (Å²) < 4.78 is 5.30. The van der Waals surface area contributed by atoms with E-state index >= 15 is 0 Å². The summed E-state index contributed by atoms with van der Waals surface area (Å²) in [6.07, 6.45) is 0.0334. The van der Waals surface area contributed by atoms with Gasteiger partial charge in [0.05, 0.1) is 16.8 Å². The molecule has 2 unspecified atom stereocenters. The summed E-state index contributed by atoms with van der Waals surface area (Å²) >= 11 is 5.99. The maximum Gasteiger partial charge on any atom is 0.332 e. The normalized spacial score (nSPS) is 21.0. The Morgan fingerprint density at radius 3 is 2.86 bits per heavy atom. The molecule has 1 heterocycles. The molecule has 2 rings (SSSR count). The highest BCUT2D eigenvalue weighted by molar-refractivity contribution is 6.33. The van der Waals surface area contributed by atoms with Gasteiger partial charge in [0.25, 0.3) is 0 Å². The fraction of sp³-hybridized carbons (Fsp3) is 0.429. The van der Waals surface area contributed by atoms with E-state index in [9.17, 15) is 9.59 Å². The lowest BCUT2D eigenvalue weighted by Crippen LogP contribution is -2.36. The predicted molar refractivity (Wildman–Crippen MR) is 78.7 cm³/mol. The maximum absolute atomic E-state index is 11.8. The molecule has 1 aromatic carbocycles. The molecule has 1 aromatic rings. The van der Waals surface area contributed by atoms with Crippen LogP contribution in [0.3, 0.4) is 0 Å². The number of urea groups is 1. The summed E-state index contributed by atoms with van der Waals surface area (Å²) in [6.45, 7) is 2.16. The third kappa shape index (κ3) is 4.34. The van der Waals surface area contributed by atoms with Crippen molar-refractivity contribution in [2.75, 3.05) is 11.9 Å². The average Bonchev–Trinajstić information content (AvgIpc) is 2.90. The first kappa shape index (κ1) is 15.6. The first-order chi connectivity index (χ1) is 9.95. The number of aliphatic carboxylic acids is 1. The van der Waals surface area contributed by atoms with E-state index in [4.69, 9.17) is 21.4 Å². The molecular formula is C14H17ClN2O4. The monoisotopic (exact) mass is 312 g/mol. The summed E-state index contributed by atoms with van der Waals surface area (Å²) in [4.78, 5) is 22.6. The number of anilines is 1. The third-order valence-electron chi connectivity index (χ3n) is 3.24. The van der Waals surface area contributed by atoms with Crippen molar-refractivity contribution in [2.45, 2.75) is 32.0 Å². The maximum atomic E-state index is 11.8. The van der Waals surface area contributed by atoms with Gasteiger partial charge in [0.1, 0.15) is 0 Å². The Bertz CT molecular complexity index is 550. The molecule has 2 amide bonds. The number of hydrogen-bond acceptors (Lipinski definition) is 3. The highest BCUT2D eigenvalue weighted by atomic mass is 35.5. The number of nitrogens with one attached hydrogen (secondary N) is 2. The van der Waals surface area contributed by atoms with E-state index in [2.05, 4.69) is 10.6 Å². The molecule has 1 aliphatic heterocycles. The smallest absolute Gasteiger partial charge is 0.332 e. The second-order valence-electron chi connectivity index (χ2n) is 4.98. The van der Waals surface area contributed by atoms with Crippen LogP contribution in [0.4, 0.5) is 10.5 Å². The first-order valence-corrected chi connectivity index (χ1v) is 7.03. The van der Waals surface area contributed by atoms with Crippen LogP contribution in [0.5, 0.6) is 0 Å². The number of hydrogen-bond donors (Lipinski definition) is 3. The van der Waals surface area contributed by atoms with E-state index in [1.54, 1.807) is 12.1 Å². The van der Waals surface area contributed by atoms with E-state index in [-0.39, 0.29) is 12.6 Å². The van der Waals surface area contributed by atoms with E-state index in [1.165, 1.54) is 0 Å². The van der Waals surface area contributed by atoms with Crippen LogP contribution < -0.4 is 10.6 Å². The molecule has 0 aromatic heterocycles. The fourth-order valence-electron chi connectivity index (χ4n) is 2.15. The lowest BCUT2D eigenvalue weighted by Gasteiger charge is -2.13. The number of carboxylic acid groups (broad SMARTS) is 1. The van der Waals surface area contributed by atoms with Crippen LogP contribution in [0.2, 0.25) is 5.02 Å². The van der Waals surface area contributed by atoms with Gasteiger partial charge in [0, 0.05) is 6.54 Å². The Balaban J connectivity index is 1.80. The molecular weight excluding hydrogens is 296 g/mol. The van der Waals surface area contributed by atoms with Gasteiger partial charge in [-0.3, -0.25) is 0 Å². The molecule has 114 valence electrons. The van der Waals surface area contributed by atoms with Gasteiger partial charge in [-0.25, -0.2) is 9.59 Å². The fourth-order valence-corrected chi connectivity index (χ4v) is 2.31. The van der Waals surface area contributed by atoms with Gasteiger partial charge in [-0.2, -0.15) is 0 Å². The summed E-state index contributed by atoms with van der Waals surface area (Å²) in [5.74, 6) is -0.964. The summed E-state index contributed by atoms with van der Waals surface area (Å²) in [5.41, 5.74) is 1.52. The zero-order valence-electron chi connectivity index (χ0n) is 11.6. The minimum Gasteiger partial charge on any atom is -0.479 e. The molecule has 1 fully saturated rings. The van der Waals surface area contributed by atoms with Crippen LogP contribution in [0.15, 0.2) is 18.2 Å². The van der Waals surface area contributed by atoms with Gasteiger partial charge in [0.15, 0.2) is 6.10 Å². The molecule has 3 N–H and O–H groups in total. The number of aryl methyl sites for hydroxylation is 1. The summed E-state index contributed by atoms with van der Waals surface area (Å²) in [6, 6.07) is 4.94. The zero-order valence-corrected chi connectivity index (χ0v) is 12.3. The third-order valence-corrected chi connectivity index (χ3v) is 3.57. The Morgan fingerprint density at radius 1 is 1.43 bits per heavy atom. The van der Waals surface area contributed by atoms with Gasteiger partial charge in [0.2, 0.25) is 0 Å². The summed E-state index contributed by atoms with van der Waals surface area (Å²) in [7, 11) is 0. The van der Waals surface area contributed by atoms with Crippen molar-refractivity contribution >= 4 is 29.3 Å². The van der Waals surface area contributed by atoms with Gasteiger partial charge >= 0.3 is 12.0 Å². The van der Waals surface area contributed by atoms with Crippen molar-refractivity contribution in [1.82, 2.24) is 5.32 Å². The van der Waals surface area contributed by atoms with Gasteiger partial charge in [-0.05, 0) is 37.5 Å². The van der Waals surface area contributed by atoms with Crippen LogP contribution in [0.1, 0.15) is 18.4 Å². The second kappa shape index (κ2) is 6.78. The minimum atomic E-state index is -0.964. The van der Waals surface area contributed by atoms with Gasteiger partial charge in [-0.1, -0.05) is 17.7 Å². The number of halogens is 1.